The van der Waals surface area contributed by atoms with E-state index < -0.39 is 0 Å². The molecule has 35 heavy (non-hydrogen) atoms. The molecule has 0 saturated heterocycles. The summed E-state index contributed by atoms with van der Waals surface area (Å²) in [7, 11) is 0. The summed E-state index contributed by atoms with van der Waals surface area (Å²) in [5, 5.41) is 16.3. The van der Waals surface area contributed by atoms with Crippen molar-refractivity contribution in [1.82, 2.24) is 25.5 Å². The Labute approximate surface area is 218 Å². The molecule has 0 aliphatic carbocycles. The lowest BCUT2D eigenvalue weighted by Crippen LogP contribution is -2.17. The molecule has 7 nitrogen and oxygen atoms in total. The van der Waals surface area contributed by atoms with Crippen LogP contribution in [0.3, 0.4) is 0 Å². The number of nitrogens with one attached hydrogen (secondary N) is 1. The number of rotatable bonds is 12. The number of tetrazole rings is 1. The Morgan fingerprint density at radius 3 is 2.66 bits per heavy atom. The van der Waals surface area contributed by atoms with Gasteiger partial charge in [-0.1, -0.05) is 59.8 Å². The largest absolute Gasteiger partial charge is 0.490 e. The summed E-state index contributed by atoms with van der Waals surface area (Å²) in [6.07, 6.45) is 0. The summed E-state index contributed by atoms with van der Waals surface area (Å²) < 4.78 is 14.7. The van der Waals surface area contributed by atoms with Crippen LogP contribution in [0.2, 0.25) is 0 Å². The maximum absolute atomic E-state index is 6.13. The Hall–Kier alpha value is -2.88. The van der Waals surface area contributed by atoms with Gasteiger partial charge in [0.05, 0.1) is 16.8 Å². The lowest BCUT2D eigenvalue weighted by Gasteiger charge is -2.16. The van der Waals surface area contributed by atoms with E-state index in [0.717, 1.165) is 50.2 Å². The second-order valence-corrected chi connectivity index (χ2v) is 9.77. The Kier molecular flexibility index (Phi) is 9.16. The molecule has 1 aromatic heterocycles. The minimum Gasteiger partial charge on any atom is -0.490 e. The number of ether oxygens (including phenoxy) is 2. The van der Waals surface area contributed by atoms with Gasteiger partial charge in [0.2, 0.25) is 5.16 Å². The molecule has 0 amide bonds. The molecule has 0 aliphatic heterocycles. The van der Waals surface area contributed by atoms with Crippen molar-refractivity contribution in [2.75, 3.05) is 18.9 Å². The predicted octanol–water partition coefficient (Wildman–Crippen LogP) is 5.59. The van der Waals surface area contributed by atoms with Crippen molar-refractivity contribution < 1.29 is 9.47 Å². The molecular weight excluding hydrogens is 526 g/mol. The highest BCUT2D eigenvalue weighted by atomic mass is 79.9. The van der Waals surface area contributed by atoms with Crippen LogP contribution in [0.4, 0.5) is 0 Å². The molecule has 1 heterocycles. The van der Waals surface area contributed by atoms with Gasteiger partial charge in [-0.05, 0) is 75.6 Å². The highest BCUT2D eigenvalue weighted by molar-refractivity contribution is 9.10. The smallest absolute Gasteiger partial charge is 0.214 e. The van der Waals surface area contributed by atoms with E-state index >= 15 is 0 Å². The third-order valence-electron chi connectivity index (χ3n) is 5.12. The monoisotopic (exact) mass is 553 g/mol. The zero-order valence-corrected chi connectivity index (χ0v) is 22.2. The van der Waals surface area contributed by atoms with Gasteiger partial charge in [0.1, 0.15) is 6.61 Å². The van der Waals surface area contributed by atoms with E-state index in [0.29, 0.717) is 19.8 Å². The van der Waals surface area contributed by atoms with Crippen LogP contribution in [0, 0.1) is 6.92 Å². The summed E-state index contributed by atoms with van der Waals surface area (Å²) in [6, 6.07) is 22.3. The van der Waals surface area contributed by atoms with Crippen LogP contribution in [0.25, 0.3) is 5.69 Å². The molecule has 0 bridgehead atoms. The van der Waals surface area contributed by atoms with Gasteiger partial charge in [-0.3, -0.25) is 0 Å². The minimum atomic E-state index is 0.484. The van der Waals surface area contributed by atoms with Crippen LogP contribution in [0.5, 0.6) is 11.5 Å². The fourth-order valence-electron chi connectivity index (χ4n) is 3.53. The average Bonchev–Trinajstić information content (AvgIpc) is 3.33. The summed E-state index contributed by atoms with van der Waals surface area (Å²) >= 11 is 5.29. The molecule has 0 fully saturated rings. The first-order valence-corrected chi connectivity index (χ1v) is 13.2. The first-order valence-electron chi connectivity index (χ1n) is 11.4. The number of benzene rings is 3. The van der Waals surface area contributed by atoms with Gasteiger partial charge >= 0.3 is 0 Å². The van der Waals surface area contributed by atoms with E-state index in [9.17, 15) is 0 Å². The molecule has 0 radical (unpaired) electrons. The molecule has 9 heteroatoms. The second-order valence-electron chi connectivity index (χ2n) is 7.85. The average molecular weight is 555 g/mol. The zero-order valence-electron chi connectivity index (χ0n) is 19.8. The third-order valence-corrected chi connectivity index (χ3v) is 6.63. The molecule has 182 valence electrons. The number of aryl methyl sites for hydroxylation is 1. The van der Waals surface area contributed by atoms with Crippen LogP contribution in [-0.4, -0.2) is 39.1 Å². The minimum absolute atomic E-state index is 0.484. The van der Waals surface area contributed by atoms with Gasteiger partial charge in [0, 0.05) is 18.8 Å². The van der Waals surface area contributed by atoms with Gasteiger partial charge in [-0.2, -0.15) is 4.68 Å². The van der Waals surface area contributed by atoms with Crippen molar-refractivity contribution >= 4 is 27.7 Å². The van der Waals surface area contributed by atoms with E-state index in [1.54, 1.807) is 16.4 Å². The van der Waals surface area contributed by atoms with Crippen LogP contribution in [-0.2, 0) is 13.2 Å². The van der Waals surface area contributed by atoms with Crippen LogP contribution >= 0.6 is 27.7 Å². The van der Waals surface area contributed by atoms with Gasteiger partial charge in [-0.15, -0.1) is 5.10 Å². The first kappa shape index (κ1) is 25.2. The standard InChI is InChI=1S/C26H28BrN5O2S/c1-3-33-24-16-21(15-23(27)25(24)34-18-20-9-7-8-19(2)14-20)17-28-12-13-35-26-29-30-31-32(26)22-10-5-4-6-11-22/h4-11,14-16,28H,3,12-13,17-18H2,1-2H3. The van der Waals surface area contributed by atoms with E-state index in [2.05, 4.69) is 68.0 Å². The second kappa shape index (κ2) is 12.7. The van der Waals surface area contributed by atoms with Gasteiger partial charge < -0.3 is 14.8 Å². The number of thioether (sulfide) groups is 1. The van der Waals surface area contributed by atoms with Crippen molar-refractivity contribution in [2.45, 2.75) is 32.2 Å². The van der Waals surface area contributed by atoms with Gasteiger partial charge in [0.25, 0.3) is 0 Å². The lowest BCUT2D eigenvalue weighted by molar-refractivity contribution is 0.267. The van der Waals surface area contributed by atoms with Crippen molar-refractivity contribution in [3.8, 4) is 17.2 Å². The molecule has 4 aromatic rings. The Bertz CT molecular complexity index is 1240. The fraction of sp³-hybridized carbons (Fsp3) is 0.269. The molecule has 0 saturated carbocycles. The van der Waals surface area contributed by atoms with E-state index in [1.807, 2.05) is 49.4 Å². The molecule has 0 atom stereocenters. The maximum atomic E-state index is 6.13. The van der Waals surface area contributed by atoms with Crippen molar-refractivity contribution in [1.29, 1.82) is 0 Å². The molecular formula is C26H28BrN5O2S. The van der Waals surface area contributed by atoms with E-state index in [-0.39, 0.29) is 0 Å². The highest BCUT2D eigenvalue weighted by Crippen LogP contribution is 2.37. The number of hydrogen-bond donors (Lipinski definition) is 1. The summed E-state index contributed by atoms with van der Waals surface area (Å²) in [6.45, 7) is 6.62. The number of aromatic nitrogens is 4. The van der Waals surface area contributed by atoms with Gasteiger partial charge in [0.15, 0.2) is 11.5 Å². The maximum Gasteiger partial charge on any atom is 0.214 e. The molecule has 3 aromatic carbocycles. The molecule has 1 N–H and O–H groups in total. The topological polar surface area (TPSA) is 74.1 Å². The number of halogens is 1. The summed E-state index contributed by atoms with van der Waals surface area (Å²) in [5.41, 5.74) is 4.40. The van der Waals surface area contributed by atoms with Crippen molar-refractivity contribution in [3.05, 3.63) is 87.9 Å². The van der Waals surface area contributed by atoms with Crippen LogP contribution in [0.15, 0.2) is 76.4 Å². The molecule has 0 spiro atoms. The zero-order chi connectivity index (χ0) is 24.5. The molecule has 0 aliphatic rings. The number of para-hydroxylation sites is 1. The molecule has 4 rings (SSSR count). The first-order chi connectivity index (χ1) is 17.1. The van der Waals surface area contributed by atoms with Gasteiger partial charge in [-0.25, -0.2) is 0 Å². The summed E-state index contributed by atoms with van der Waals surface area (Å²) in [4.78, 5) is 0. The van der Waals surface area contributed by atoms with E-state index in [1.165, 1.54) is 5.56 Å². The third kappa shape index (κ3) is 7.06. The van der Waals surface area contributed by atoms with Crippen molar-refractivity contribution in [2.24, 2.45) is 0 Å². The number of nitrogens with zero attached hydrogens (tertiary/aromatic N) is 4. The highest BCUT2D eigenvalue weighted by Gasteiger charge is 2.13. The van der Waals surface area contributed by atoms with Crippen LogP contribution in [0.1, 0.15) is 23.6 Å². The SMILES string of the molecule is CCOc1cc(CNCCSc2nnnn2-c2ccccc2)cc(Br)c1OCc1cccc(C)c1. The Morgan fingerprint density at radius 1 is 1.00 bits per heavy atom. The summed E-state index contributed by atoms with van der Waals surface area (Å²) in [5.74, 6) is 2.30. The van der Waals surface area contributed by atoms with Crippen LogP contribution < -0.4 is 14.8 Å². The normalized spacial score (nSPS) is 10.9. The predicted molar refractivity (Wildman–Crippen MR) is 142 cm³/mol. The quantitative estimate of drug-likeness (QED) is 0.181. The lowest BCUT2D eigenvalue weighted by atomic mass is 10.1. The Balaban J connectivity index is 1.31. The molecule has 0 unspecified atom stereocenters. The fourth-order valence-corrected chi connectivity index (χ4v) is 4.92. The number of hydrogen-bond acceptors (Lipinski definition) is 7. The van der Waals surface area contributed by atoms with E-state index in [4.69, 9.17) is 9.47 Å². The Morgan fingerprint density at radius 2 is 1.86 bits per heavy atom. The van der Waals surface area contributed by atoms with Crippen molar-refractivity contribution in [3.63, 3.8) is 0 Å².